The van der Waals surface area contributed by atoms with Gasteiger partial charge in [0.15, 0.2) is 6.61 Å². The maximum absolute atomic E-state index is 12.2. The molecule has 0 spiro atoms. The number of hydrogen-bond acceptors (Lipinski definition) is 5. The molecule has 1 aliphatic carbocycles. The Morgan fingerprint density at radius 1 is 1.23 bits per heavy atom. The number of carbonyl (C=O) groups excluding carboxylic acids is 2. The van der Waals surface area contributed by atoms with Crippen LogP contribution in [0.25, 0.3) is 0 Å². The van der Waals surface area contributed by atoms with Crippen molar-refractivity contribution in [2.75, 3.05) is 13.7 Å². The number of nitrogens with one attached hydrogen (secondary N) is 1. The molecule has 1 aliphatic rings. The highest BCUT2D eigenvalue weighted by Crippen LogP contribution is 2.29. The van der Waals surface area contributed by atoms with E-state index < -0.39 is 12.6 Å². The molecule has 6 heteroatoms. The van der Waals surface area contributed by atoms with Crippen LogP contribution in [-0.4, -0.2) is 30.7 Å². The Hall–Kier alpha value is -3.02. The molecular weight excluding hydrogens is 334 g/mol. The van der Waals surface area contributed by atoms with E-state index in [1.807, 2.05) is 18.2 Å². The molecule has 0 bridgehead atoms. The Kier molecular flexibility index (Phi) is 5.41. The van der Waals surface area contributed by atoms with Crippen LogP contribution in [0, 0.1) is 0 Å². The summed E-state index contributed by atoms with van der Waals surface area (Å²) in [6, 6.07) is 12.2. The Morgan fingerprint density at radius 2 is 2.04 bits per heavy atom. The molecule has 3 rings (SSSR count). The quantitative estimate of drug-likeness (QED) is 0.806. The maximum atomic E-state index is 12.2. The number of hydrogen-bond donors (Lipinski definition) is 2. The lowest BCUT2D eigenvalue weighted by atomic mass is 9.88. The van der Waals surface area contributed by atoms with Gasteiger partial charge in [-0.15, -0.1) is 0 Å². The number of fused-ring (bicyclic) bond motifs is 1. The summed E-state index contributed by atoms with van der Waals surface area (Å²) >= 11 is 0. The summed E-state index contributed by atoms with van der Waals surface area (Å²) in [5.41, 5.74) is 2.31. The van der Waals surface area contributed by atoms with Gasteiger partial charge in [-0.25, -0.2) is 4.79 Å². The lowest BCUT2D eigenvalue weighted by Crippen LogP contribution is -2.34. The van der Waals surface area contributed by atoms with Gasteiger partial charge in [-0.3, -0.25) is 4.79 Å². The molecule has 2 N–H and O–H groups in total. The monoisotopic (exact) mass is 355 g/mol. The average Bonchev–Trinajstić information content (AvgIpc) is 2.67. The first-order chi connectivity index (χ1) is 12.6. The Bertz CT molecular complexity index is 818. The molecule has 2 aromatic rings. The van der Waals surface area contributed by atoms with Crippen LogP contribution in [0.3, 0.4) is 0 Å². The summed E-state index contributed by atoms with van der Waals surface area (Å²) in [4.78, 5) is 24.3. The van der Waals surface area contributed by atoms with Crippen molar-refractivity contribution in [1.82, 2.24) is 5.32 Å². The van der Waals surface area contributed by atoms with Gasteiger partial charge in [0.25, 0.3) is 5.91 Å². The number of methoxy groups -OCH3 is 1. The lowest BCUT2D eigenvalue weighted by Gasteiger charge is -2.26. The molecular formula is C20H21NO5. The first-order valence-corrected chi connectivity index (χ1v) is 8.50. The molecule has 0 heterocycles. The van der Waals surface area contributed by atoms with Crippen LogP contribution in [0.2, 0.25) is 0 Å². The number of rotatable bonds is 5. The zero-order valence-corrected chi connectivity index (χ0v) is 14.5. The van der Waals surface area contributed by atoms with Gasteiger partial charge >= 0.3 is 5.97 Å². The van der Waals surface area contributed by atoms with Crippen molar-refractivity contribution in [2.24, 2.45) is 0 Å². The second kappa shape index (κ2) is 7.91. The molecule has 6 nitrogen and oxygen atoms in total. The third kappa shape index (κ3) is 3.96. The molecule has 1 amide bonds. The number of benzene rings is 2. The highest BCUT2D eigenvalue weighted by atomic mass is 16.5. The molecule has 1 unspecified atom stereocenters. The molecule has 0 saturated heterocycles. The Balaban J connectivity index is 1.59. The zero-order valence-electron chi connectivity index (χ0n) is 14.5. The fourth-order valence-corrected chi connectivity index (χ4v) is 3.15. The van der Waals surface area contributed by atoms with Crippen molar-refractivity contribution < 1.29 is 24.2 Å². The van der Waals surface area contributed by atoms with Gasteiger partial charge in [0.05, 0.1) is 13.2 Å². The molecule has 0 fully saturated rings. The minimum Gasteiger partial charge on any atom is -0.507 e. The van der Waals surface area contributed by atoms with E-state index in [1.165, 1.54) is 30.9 Å². The third-order valence-electron chi connectivity index (χ3n) is 4.46. The van der Waals surface area contributed by atoms with Crippen molar-refractivity contribution in [3.8, 4) is 11.5 Å². The normalized spacial score (nSPS) is 15.7. The van der Waals surface area contributed by atoms with Gasteiger partial charge in [0.1, 0.15) is 17.1 Å². The van der Waals surface area contributed by atoms with Gasteiger partial charge < -0.3 is 19.9 Å². The summed E-state index contributed by atoms with van der Waals surface area (Å²) in [5.74, 6) is -0.960. The molecule has 0 saturated carbocycles. The minimum absolute atomic E-state index is 0.0415. The number of carbonyl (C=O) groups is 2. The molecule has 0 aliphatic heterocycles. The van der Waals surface area contributed by atoms with E-state index in [0.717, 1.165) is 24.8 Å². The van der Waals surface area contributed by atoms with E-state index in [4.69, 9.17) is 9.47 Å². The molecule has 2 aromatic carbocycles. The van der Waals surface area contributed by atoms with Crippen LogP contribution in [0.5, 0.6) is 11.5 Å². The topological polar surface area (TPSA) is 84.9 Å². The predicted molar refractivity (Wildman–Crippen MR) is 95.2 cm³/mol. The van der Waals surface area contributed by atoms with Gasteiger partial charge in [0, 0.05) is 0 Å². The number of phenolic OH excluding ortho intramolecular Hbond substituents is 1. The van der Waals surface area contributed by atoms with Crippen molar-refractivity contribution >= 4 is 11.9 Å². The molecule has 136 valence electrons. The van der Waals surface area contributed by atoms with Crippen LogP contribution in [0.1, 0.15) is 40.4 Å². The lowest BCUT2D eigenvalue weighted by molar-refractivity contribution is -0.125. The third-order valence-corrected chi connectivity index (χ3v) is 4.46. The van der Waals surface area contributed by atoms with E-state index >= 15 is 0 Å². The van der Waals surface area contributed by atoms with E-state index in [2.05, 4.69) is 11.4 Å². The number of aryl methyl sites for hydroxylation is 1. The van der Waals surface area contributed by atoms with E-state index in [0.29, 0.717) is 5.75 Å². The highest BCUT2D eigenvalue weighted by Gasteiger charge is 2.22. The van der Waals surface area contributed by atoms with Gasteiger partial charge in [-0.2, -0.15) is 0 Å². The summed E-state index contributed by atoms with van der Waals surface area (Å²) in [7, 11) is 1.46. The molecule has 0 radical (unpaired) electrons. The van der Waals surface area contributed by atoms with Crippen LogP contribution in [0.15, 0.2) is 42.5 Å². The largest absolute Gasteiger partial charge is 0.507 e. The minimum atomic E-state index is -0.777. The number of aromatic hydroxyl groups is 1. The van der Waals surface area contributed by atoms with Crippen molar-refractivity contribution in [1.29, 1.82) is 0 Å². The standard InChI is InChI=1S/C20H21NO5/c1-25-14-9-10-18(22)16(11-14)20(24)26-12-19(23)21-17-8-4-6-13-5-2-3-7-15(13)17/h2-3,5,7,9-11,17,22H,4,6,8,12H2,1H3,(H,21,23). The number of ether oxygens (including phenoxy) is 2. The molecule has 26 heavy (non-hydrogen) atoms. The fraction of sp³-hybridized carbons (Fsp3) is 0.300. The summed E-state index contributed by atoms with van der Waals surface area (Å²) in [6.07, 6.45) is 2.86. The second-order valence-electron chi connectivity index (χ2n) is 6.17. The van der Waals surface area contributed by atoms with Gasteiger partial charge in [-0.05, 0) is 48.6 Å². The van der Waals surface area contributed by atoms with Crippen LogP contribution in [0.4, 0.5) is 0 Å². The fourth-order valence-electron chi connectivity index (χ4n) is 3.15. The molecule has 0 aromatic heterocycles. The van der Waals surface area contributed by atoms with Gasteiger partial charge in [-0.1, -0.05) is 24.3 Å². The summed E-state index contributed by atoms with van der Waals surface area (Å²) < 4.78 is 10.1. The van der Waals surface area contributed by atoms with Crippen molar-refractivity contribution in [2.45, 2.75) is 25.3 Å². The van der Waals surface area contributed by atoms with Crippen molar-refractivity contribution in [3.05, 3.63) is 59.2 Å². The smallest absolute Gasteiger partial charge is 0.342 e. The first kappa shape index (κ1) is 17.8. The van der Waals surface area contributed by atoms with Crippen LogP contribution < -0.4 is 10.1 Å². The van der Waals surface area contributed by atoms with E-state index in [1.54, 1.807) is 0 Å². The Morgan fingerprint density at radius 3 is 2.85 bits per heavy atom. The van der Waals surface area contributed by atoms with Gasteiger partial charge in [0.2, 0.25) is 0 Å². The van der Waals surface area contributed by atoms with E-state index in [9.17, 15) is 14.7 Å². The Labute approximate surface area is 151 Å². The van der Waals surface area contributed by atoms with E-state index in [-0.39, 0.29) is 23.3 Å². The maximum Gasteiger partial charge on any atom is 0.342 e. The number of esters is 1. The summed E-state index contributed by atoms with van der Waals surface area (Å²) in [6.45, 7) is -0.409. The van der Waals surface area contributed by atoms with Crippen molar-refractivity contribution in [3.63, 3.8) is 0 Å². The highest BCUT2D eigenvalue weighted by molar-refractivity contribution is 5.94. The zero-order chi connectivity index (χ0) is 18.5. The number of phenols is 1. The SMILES string of the molecule is COc1ccc(O)c(C(=O)OCC(=O)NC2CCCc3ccccc32)c1. The first-order valence-electron chi connectivity index (χ1n) is 8.50. The summed E-state index contributed by atoms with van der Waals surface area (Å²) in [5, 5.41) is 12.7. The second-order valence-corrected chi connectivity index (χ2v) is 6.17. The number of amides is 1. The predicted octanol–water partition coefficient (Wildman–Crippen LogP) is 2.75. The van der Waals surface area contributed by atoms with Crippen LogP contribution >= 0.6 is 0 Å². The average molecular weight is 355 g/mol. The van der Waals surface area contributed by atoms with Crippen LogP contribution in [-0.2, 0) is 16.0 Å². The molecule has 1 atom stereocenters.